The smallest absolute Gasteiger partial charge is 0.257 e. The molecular weight excluding hydrogens is 402 g/mol. The van der Waals surface area contributed by atoms with Gasteiger partial charge in [-0.25, -0.2) is 0 Å². The number of benzene rings is 2. The molecule has 0 radical (unpaired) electrons. The summed E-state index contributed by atoms with van der Waals surface area (Å²) in [5.41, 5.74) is 3.12. The van der Waals surface area contributed by atoms with Gasteiger partial charge in [0.25, 0.3) is 5.56 Å². The Labute approximate surface area is 181 Å². The number of nitrogens with one attached hydrogen (secondary N) is 2. The Bertz CT molecular complexity index is 1190. The highest BCUT2D eigenvalue weighted by molar-refractivity contribution is 5.89. The summed E-state index contributed by atoms with van der Waals surface area (Å²) in [5.74, 6) is 0.815. The Morgan fingerprint density at radius 2 is 1.67 bits per heavy atom. The minimum atomic E-state index is -0.106. The first-order valence-corrected chi connectivity index (χ1v) is 9.69. The van der Waals surface area contributed by atoms with Gasteiger partial charge in [-0.1, -0.05) is 18.2 Å². The third kappa shape index (κ3) is 4.84. The second-order valence-electron chi connectivity index (χ2n) is 7.18. The molecule has 30 heavy (non-hydrogen) atoms. The van der Waals surface area contributed by atoms with Gasteiger partial charge in [0.15, 0.2) is 0 Å². The summed E-state index contributed by atoms with van der Waals surface area (Å²) in [6.45, 7) is 3.02. The van der Waals surface area contributed by atoms with Gasteiger partial charge in [0.2, 0.25) is 0 Å². The van der Waals surface area contributed by atoms with Gasteiger partial charge in [0.1, 0.15) is 12.4 Å². The highest BCUT2D eigenvalue weighted by Crippen LogP contribution is 2.26. The van der Waals surface area contributed by atoms with Crippen LogP contribution < -0.4 is 10.3 Å². The van der Waals surface area contributed by atoms with E-state index in [-0.39, 0.29) is 18.0 Å². The van der Waals surface area contributed by atoms with Gasteiger partial charge in [-0.15, -0.1) is 12.4 Å². The van der Waals surface area contributed by atoms with Gasteiger partial charge in [-0.05, 0) is 48.8 Å². The van der Waals surface area contributed by atoms with E-state index in [1.54, 1.807) is 7.11 Å². The number of nitrogens with zero attached hydrogens (tertiary/aromatic N) is 1. The number of para-hydroxylation sites is 1. The molecule has 0 saturated heterocycles. The summed E-state index contributed by atoms with van der Waals surface area (Å²) in [6, 6.07) is 17.6. The molecule has 0 aliphatic heterocycles. The molecule has 4 rings (SSSR count). The maximum Gasteiger partial charge on any atom is 0.257 e. The van der Waals surface area contributed by atoms with Crippen LogP contribution in [0, 0.1) is 0 Å². The van der Waals surface area contributed by atoms with Crippen molar-refractivity contribution < 1.29 is 9.47 Å². The van der Waals surface area contributed by atoms with E-state index in [1.165, 1.54) is 0 Å². The van der Waals surface area contributed by atoms with Crippen LogP contribution in [-0.2, 0) is 4.74 Å². The number of halogens is 1. The van der Waals surface area contributed by atoms with Crippen LogP contribution >= 0.6 is 12.4 Å². The van der Waals surface area contributed by atoms with Crippen LogP contribution in [0.25, 0.3) is 33.1 Å². The zero-order valence-corrected chi connectivity index (χ0v) is 17.9. The van der Waals surface area contributed by atoms with E-state index in [1.807, 2.05) is 61.6 Å². The minimum Gasteiger partial charge on any atom is -0.492 e. The van der Waals surface area contributed by atoms with Crippen molar-refractivity contribution >= 4 is 34.2 Å². The maximum atomic E-state index is 12.5. The Morgan fingerprint density at radius 3 is 2.50 bits per heavy atom. The lowest BCUT2D eigenvalue weighted by molar-refractivity contribution is 0.150. The average Bonchev–Trinajstić information content (AvgIpc) is 3.15. The third-order valence-electron chi connectivity index (χ3n) is 5.05. The van der Waals surface area contributed by atoms with Crippen LogP contribution in [0.4, 0.5) is 0 Å². The van der Waals surface area contributed by atoms with E-state index >= 15 is 0 Å². The van der Waals surface area contributed by atoms with Gasteiger partial charge in [0, 0.05) is 36.6 Å². The monoisotopic (exact) mass is 427 g/mol. The number of methoxy groups -OCH3 is 1. The predicted octanol–water partition coefficient (Wildman–Crippen LogP) is 4.06. The highest BCUT2D eigenvalue weighted by Gasteiger charge is 2.10. The number of hydrogen-bond donors (Lipinski definition) is 2. The van der Waals surface area contributed by atoms with Crippen LogP contribution in [0.1, 0.15) is 0 Å². The van der Waals surface area contributed by atoms with Crippen LogP contribution in [0.15, 0.2) is 59.4 Å². The van der Waals surface area contributed by atoms with Crippen molar-refractivity contribution in [2.75, 3.05) is 40.5 Å². The van der Waals surface area contributed by atoms with Crippen molar-refractivity contribution in [2.24, 2.45) is 0 Å². The molecular formula is C23H26ClN3O3. The maximum absolute atomic E-state index is 12.5. The molecule has 0 saturated carbocycles. The van der Waals surface area contributed by atoms with Crippen LogP contribution in [0.5, 0.6) is 5.75 Å². The molecule has 2 aromatic heterocycles. The van der Waals surface area contributed by atoms with Gasteiger partial charge >= 0.3 is 0 Å². The Hall–Kier alpha value is -2.80. The molecule has 6 nitrogen and oxygen atoms in total. The lowest BCUT2D eigenvalue weighted by Crippen LogP contribution is -2.27. The summed E-state index contributed by atoms with van der Waals surface area (Å²) in [5, 5.41) is 2.01. The van der Waals surface area contributed by atoms with Crippen LogP contribution in [0.3, 0.4) is 0 Å². The molecule has 0 spiro atoms. The molecule has 0 aliphatic carbocycles. The number of aromatic amines is 2. The van der Waals surface area contributed by atoms with E-state index in [0.717, 1.165) is 46.3 Å². The van der Waals surface area contributed by atoms with Crippen molar-refractivity contribution in [2.45, 2.75) is 0 Å². The van der Waals surface area contributed by atoms with Crippen molar-refractivity contribution in [1.82, 2.24) is 14.9 Å². The fourth-order valence-corrected chi connectivity index (χ4v) is 3.37. The first-order valence-electron chi connectivity index (χ1n) is 9.69. The Balaban J connectivity index is 0.00000256. The largest absolute Gasteiger partial charge is 0.492 e. The highest BCUT2D eigenvalue weighted by atomic mass is 35.5. The Morgan fingerprint density at radius 1 is 0.900 bits per heavy atom. The number of fused-ring (bicyclic) bond motifs is 2. The number of rotatable bonds is 8. The zero-order valence-electron chi connectivity index (χ0n) is 17.1. The van der Waals surface area contributed by atoms with Crippen molar-refractivity contribution in [3.05, 3.63) is 65.0 Å². The van der Waals surface area contributed by atoms with E-state index in [9.17, 15) is 4.79 Å². The number of hydrogen-bond acceptors (Lipinski definition) is 4. The van der Waals surface area contributed by atoms with E-state index in [0.29, 0.717) is 18.8 Å². The minimum absolute atomic E-state index is 0. The number of likely N-dealkylation sites (N-methyl/N-ethyl adjacent to an activating group) is 1. The Kier molecular flexibility index (Phi) is 7.15. The molecule has 0 bridgehead atoms. The number of aromatic nitrogens is 2. The first-order chi connectivity index (χ1) is 14.1. The first kappa shape index (κ1) is 21.9. The van der Waals surface area contributed by atoms with E-state index in [2.05, 4.69) is 14.9 Å². The van der Waals surface area contributed by atoms with Gasteiger partial charge in [0.05, 0.1) is 17.9 Å². The van der Waals surface area contributed by atoms with Gasteiger partial charge in [-0.2, -0.15) is 0 Å². The van der Waals surface area contributed by atoms with Crippen molar-refractivity contribution in [3.8, 4) is 17.0 Å². The molecule has 0 aliphatic rings. The van der Waals surface area contributed by atoms with Crippen molar-refractivity contribution in [1.29, 1.82) is 0 Å². The topological polar surface area (TPSA) is 70.3 Å². The SMILES string of the molecule is COCCN(C)CCOc1ccc2[nH]c(-c3cc4ccccc4[nH]c3=O)cc2c1.Cl. The fourth-order valence-electron chi connectivity index (χ4n) is 3.37. The fraction of sp³-hybridized carbons (Fsp3) is 0.261. The quantitative estimate of drug-likeness (QED) is 0.445. The molecule has 158 valence electrons. The van der Waals surface area contributed by atoms with E-state index < -0.39 is 0 Å². The molecule has 0 atom stereocenters. The normalized spacial score (nSPS) is 11.2. The summed E-state index contributed by atoms with van der Waals surface area (Å²) in [7, 11) is 3.75. The molecule has 4 aromatic rings. The summed E-state index contributed by atoms with van der Waals surface area (Å²) in [4.78, 5) is 21.0. The van der Waals surface area contributed by atoms with Crippen LogP contribution in [-0.4, -0.2) is 55.3 Å². The number of H-pyrrole nitrogens is 2. The average molecular weight is 428 g/mol. The standard InChI is InChI=1S/C23H25N3O3.ClH/c1-26(9-11-28-2)10-12-29-18-7-8-21-17(13-18)15-22(24-21)19-14-16-5-3-4-6-20(16)25-23(19)27;/h3-8,13-15,24H,9-12H2,1-2H3,(H,25,27);1H. The van der Waals surface area contributed by atoms with Gasteiger partial charge < -0.3 is 24.3 Å². The second-order valence-corrected chi connectivity index (χ2v) is 7.18. The molecule has 0 unspecified atom stereocenters. The van der Waals surface area contributed by atoms with Gasteiger partial charge in [-0.3, -0.25) is 4.79 Å². The third-order valence-corrected chi connectivity index (χ3v) is 5.05. The van der Waals surface area contributed by atoms with E-state index in [4.69, 9.17) is 9.47 Å². The summed E-state index contributed by atoms with van der Waals surface area (Å²) < 4.78 is 11.0. The summed E-state index contributed by atoms with van der Waals surface area (Å²) >= 11 is 0. The number of pyridine rings is 1. The molecule has 0 amide bonds. The van der Waals surface area contributed by atoms with Crippen LogP contribution in [0.2, 0.25) is 0 Å². The zero-order chi connectivity index (χ0) is 20.2. The molecule has 2 aromatic carbocycles. The molecule has 7 heteroatoms. The summed E-state index contributed by atoms with van der Waals surface area (Å²) in [6.07, 6.45) is 0. The molecule has 2 heterocycles. The second kappa shape index (κ2) is 9.80. The predicted molar refractivity (Wildman–Crippen MR) is 124 cm³/mol. The molecule has 0 fully saturated rings. The number of ether oxygens (including phenoxy) is 2. The van der Waals surface area contributed by atoms with Crippen molar-refractivity contribution in [3.63, 3.8) is 0 Å². The lowest BCUT2D eigenvalue weighted by atomic mass is 10.1. The lowest BCUT2D eigenvalue weighted by Gasteiger charge is -2.16. The molecule has 2 N–H and O–H groups in total.